The molecular formula is C46H77NO5. The molecule has 6 nitrogen and oxygen atoms in total. The Labute approximate surface area is 319 Å². The molecule has 0 fully saturated rings. The van der Waals surface area contributed by atoms with Crippen LogP contribution in [0.15, 0.2) is 72.9 Å². The summed E-state index contributed by atoms with van der Waals surface area (Å²) in [4.78, 5) is 34.9. The molecule has 0 saturated carbocycles. The van der Waals surface area contributed by atoms with Crippen molar-refractivity contribution in [3.05, 3.63) is 72.9 Å². The summed E-state index contributed by atoms with van der Waals surface area (Å²) in [5, 5.41) is 11.1. The number of carboxylic acids is 1. The van der Waals surface area contributed by atoms with Gasteiger partial charge >= 0.3 is 11.9 Å². The second kappa shape index (κ2) is 40.6. The van der Waals surface area contributed by atoms with Gasteiger partial charge in [0.1, 0.15) is 12.6 Å². The number of rotatable bonds is 37. The van der Waals surface area contributed by atoms with E-state index >= 15 is 0 Å². The minimum atomic E-state index is -1.03. The van der Waals surface area contributed by atoms with Crippen LogP contribution in [-0.4, -0.2) is 35.6 Å². The number of nitrogens with one attached hydrogen (secondary N) is 1. The van der Waals surface area contributed by atoms with Crippen LogP contribution in [0.2, 0.25) is 0 Å². The molecule has 0 aliphatic carbocycles. The van der Waals surface area contributed by atoms with Crippen molar-refractivity contribution in [1.82, 2.24) is 5.32 Å². The molecule has 0 aromatic carbocycles. The number of aliphatic carboxylic acids is 1. The number of ether oxygens (including phenoxy) is 1. The lowest BCUT2D eigenvalue weighted by Gasteiger charge is -2.15. The first-order valence-electron chi connectivity index (χ1n) is 21.1. The van der Waals surface area contributed by atoms with Crippen molar-refractivity contribution in [1.29, 1.82) is 0 Å². The molecule has 0 aromatic heterocycles. The number of amides is 1. The third-order valence-corrected chi connectivity index (χ3v) is 8.85. The summed E-state index contributed by atoms with van der Waals surface area (Å²) < 4.78 is 5.90. The van der Waals surface area contributed by atoms with Gasteiger partial charge in [0.05, 0.1) is 0 Å². The SMILES string of the molecule is CC/C=C\C/C=C\C/C=C\C/C=C\C/C=C\CCCCCCCCCC(=O)OC(/C=C\CCCCCCCC)CCCCCCC(=O)NCC(=O)O. The van der Waals surface area contributed by atoms with Crippen molar-refractivity contribution in [2.45, 2.75) is 193 Å². The summed E-state index contributed by atoms with van der Waals surface area (Å²) in [7, 11) is 0. The second-order valence-electron chi connectivity index (χ2n) is 13.9. The highest BCUT2D eigenvalue weighted by Gasteiger charge is 2.12. The molecule has 1 unspecified atom stereocenters. The highest BCUT2D eigenvalue weighted by Crippen LogP contribution is 2.15. The molecule has 0 aliphatic heterocycles. The van der Waals surface area contributed by atoms with Crippen molar-refractivity contribution < 1.29 is 24.2 Å². The number of carbonyl (C=O) groups excluding carboxylic acids is 2. The number of hydrogen-bond donors (Lipinski definition) is 2. The van der Waals surface area contributed by atoms with Gasteiger partial charge in [0, 0.05) is 12.8 Å². The molecule has 2 N–H and O–H groups in total. The zero-order valence-electron chi connectivity index (χ0n) is 33.4. The molecule has 6 heteroatoms. The summed E-state index contributed by atoms with van der Waals surface area (Å²) in [6.07, 6.45) is 54.7. The van der Waals surface area contributed by atoms with E-state index in [1.165, 1.54) is 70.6 Å². The summed E-state index contributed by atoms with van der Waals surface area (Å²) in [6.45, 7) is 4.07. The first-order chi connectivity index (χ1) is 25.5. The standard InChI is InChI=1S/C46H77NO5/c1-3-5-7-9-11-13-14-15-16-17-18-19-20-21-22-23-24-25-26-27-29-31-37-41-46(51)52-43(38-34-30-28-12-10-8-6-4-2)39-35-32-33-36-40-44(48)47-42-45(49)50/h5,7,11,13,15-16,18-19,21-22,34,38,43H,3-4,6,8-10,12,14,17,20,23-33,35-37,39-42H2,1-2H3,(H,47,48)(H,49,50)/b7-5-,13-11-,16-15-,19-18-,22-21-,38-34-. The lowest BCUT2D eigenvalue weighted by Crippen LogP contribution is -2.28. The quantitative estimate of drug-likeness (QED) is 0.0378. The van der Waals surface area contributed by atoms with Gasteiger partial charge in [-0.3, -0.25) is 14.4 Å². The van der Waals surface area contributed by atoms with E-state index in [0.29, 0.717) is 12.8 Å². The molecule has 0 bridgehead atoms. The van der Waals surface area contributed by atoms with E-state index < -0.39 is 5.97 Å². The Morgan fingerprint density at radius 2 is 1.00 bits per heavy atom. The Hall–Kier alpha value is -3.15. The average molecular weight is 724 g/mol. The molecule has 0 radical (unpaired) electrons. The van der Waals surface area contributed by atoms with Crippen LogP contribution in [0.5, 0.6) is 0 Å². The normalized spacial score (nSPS) is 12.8. The Balaban J connectivity index is 4.06. The largest absolute Gasteiger partial charge is 0.480 e. The first kappa shape index (κ1) is 48.9. The maximum atomic E-state index is 12.7. The van der Waals surface area contributed by atoms with E-state index in [4.69, 9.17) is 9.84 Å². The van der Waals surface area contributed by atoms with Gasteiger partial charge in [0.15, 0.2) is 0 Å². The first-order valence-corrected chi connectivity index (χ1v) is 21.1. The predicted octanol–water partition coefficient (Wildman–Crippen LogP) is 13.0. The Morgan fingerprint density at radius 1 is 0.538 bits per heavy atom. The fraction of sp³-hybridized carbons (Fsp3) is 0.674. The average Bonchev–Trinajstić information content (AvgIpc) is 3.13. The van der Waals surface area contributed by atoms with Crippen LogP contribution in [0.1, 0.15) is 187 Å². The van der Waals surface area contributed by atoms with E-state index in [9.17, 15) is 14.4 Å². The highest BCUT2D eigenvalue weighted by atomic mass is 16.5. The van der Waals surface area contributed by atoms with Crippen LogP contribution in [0, 0.1) is 0 Å². The fourth-order valence-electron chi connectivity index (χ4n) is 5.74. The summed E-state index contributed by atoms with van der Waals surface area (Å²) in [6, 6.07) is 0. The highest BCUT2D eigenvalue weighted by molar-refractivity contribution is 5.80. The minimum Gasteiger partial charge on any atom is -0.480 e. The Bertz CT molecular complexity index is 1020. The van der Waals surface area contributed by atoms with Crippen molar-refractivity contribution >= 4 is 17.8 Å². The van der Waals surface area contributed by atoms with Crippen LogP contribution in [0.4, 0.5) is 0 Å². The van der Waals surface area contributed by atoms with E-state index in [-0.39, 0.29) is 24.5 Å². The number of allylic oxidation sites excluding steroid dienone is 11. The number of carbonyl (C=O) groups is 3. The molecule has 0 heterocycles. The van der Waals surface area contributed by atoms with Crippen LogP contribution in [0.25, 0.3) is 0 Å². The van der Waals surface area contributed by atoms with E-state index in [2.05, 4.69) is 92.1 Å². The monoisotopic (exact) mass is 724 g/mol. The van der Waals surface area contributed by atoms with Crippen LogP contribution >= 0.6 is 0 Å². The van der Waals surface area contributed by atoms with E-state index in [0.717, 1.165) is 89.9 Å². The minimum absolute atomic E-state index is 0.0959. The lowest BCUT2D eigenvalue weighted by atomic mass is 10.1. The van der Waals surface area contributed by atoms with Gasteiger partial charge in [0.2, 0.25) is 5.91 Å². The summed E-state index contributed by atoms with van der Waals surface area (Å²) in [5.41, 5.74) is 0. The van der Waals surface area contributed by atoms with E-state index in [1.807, 2.05) is 0 Å². The predicted molar refractivity (Wildman–Crippen MR) is 221 cm³/mol. The maximum Gasteiger partial charge on any atom is 0.322 e. The van der Waals surface area contributed by atoms with Crippen molar-refractivity contribution in [3.63, 3.8) is 0 Å². The molecule has 0 aromatic rings. The molecule has 1 amide bonds. The summed E-state index contributed by atoms with van der Waals surface area (Å²) >= 11 is 0. The topological polar surface area (TPSA) is 92.7 Å². The third kappa shape index (κ3) is 39.6. The summed E-state index contributed by atoms with van der Waals surface area (Å²) in [5.74, 6) is -1.34. The lowest BCUT2D eigenvalue weighted by molar-refractivity contribution is -0.147. The zero-order chi connectivity index (χ0) is 38.0. The molecule has 52 heavy (non-hydrogen) atoms. The number of esters is 1. The van der Waals surface area contributed by atoms with E-state index in [1.54, 1.807) is 0 Å². The molecule has 0 spiro atoms. The Kier molecular flexibility index (Phi) is 38.2. The van der Waals surface area contributed by atoms with Crippen LogP contribution in [-0.2, 0) is 19.1 Å². The number of carboxylic acid groups (broad SMARTS) is 1. The van der Waals surface area contributed by atoms with Crippen molar-refractivity contribution in [3.8, 4) is 0 Å². The number of unbranched alkanes of at least 4 members (excludes halogenated alkanes) is 16. The van der Waals surface area contributed by atoms with Gasteiger partial charge in [-0.25, -0.2) is 0 Å². The number of hydrogen-bond acceptors (Lipinski definition) is 4. The van der Waals surface area contributed by atoms with Gasteiger partial charge < -0.3 is 15.2 Å². The van der Waals surface area contributed by atoms with Gasteiger partial charge in [0.25, 0.3) is 0 Å². The molecule has 1 atom stereocenters. The van der Waals surface area contributed by atoms with Crippen LogP contribution < -0.4 is 5.32 Å². The van der Waals surface area contributed by atoms with Crippen LogP contribution in [0.3, 0.4) is 0 Å². The van der Waals surface area contributed by atoms with Crippen molar-refractivity contribution in [2.24, 2.45) is 0 Å². The molecule has 0 saturated heterocycles. The molecule has 296 valence electrons. The van der Waals surface area contributed by atoms with Crippen molar-refractivity contribution in [2.75, 3.05) is 6.54 Å². The molecule has 0 rings (SSSR count). The Morgan fingerprint density at radius 3 is 1.56 bits per heavy atom. The third-order valence-electron chi connectivity index (χ3n) is 8.85. The van der Waals surface area contributed by atoms with Gasteiger partial charge in [-0.2, -0.15) is 0 Å². The smallest absolute Gasteiger partial charge is 0.322 e. The van der Waals surface area contributed by atoms with Gasteiger partial charge in [-0.15, -0.1) is 0 Å². The molecular weight excluding hydrogens is 647 g/mol. The van der Waals surface area contributed by atoms with Gasteiger partial charge in [-0.05, 0) is 89.5 Å². The second-order valence-corrected chi connectivity index (χ2v) is 13.9. The van der Waals surface area contributed by atoms with Gasteiger partial charge in [-0.1, -0.05) is 158 Å². The fourth-order valence-corrected chi connectivity index (χ4v) is 5.74. The zero-order valence-corrected chi connectivity index (χ0v) is 33.4. The molecule has 0 aliphatic rings. The maximum absolute atomic E-state index is 12.7.